The Balaban J connectivity index is 0.00000192. The Morgan fingerprint density at radius 3 is 2.65 bits per heavy atom. The van der Waals surface area contributed by atoms with Gasteiger partial charge in [-0.05, 0) is 0 Å². The largest absolute Gasteiger partial charge is 0.479 e. The Morgan fingerprint density at radius 1 is 1.30 bits per heavy atom. The summed E-state index contributed by atoms with van der Waals surface area (Å²) in [6, 6.07) is 0. The number of fused-ring (bicyclic) bond motifs is 1. The topological polar surface area (TPSA) is 177 Å². The molecule has 2 aromatic rings. The minimum atomic E-state index is -1.98. The van der Waals surface area contributed by atoms with E-state index < -0.39 is 36.6 Å². The Bertz CT molecular complexity index is 726. The molecule has 1 aliphatic heterocycles. The van der Waals surface area contributed by atoms with Crippen LogP contribution in [0.2, 0.25) is 0 Å². The van der Waals surface area contributed by atoms with Crippen LogP contribution in [-0.2, 0) is 9.53 Å². The van der Waals surface area contributed by atoms with Crippen LogP contribution in [0.5, 0.6) is 0 Å². The second-order valence-corrected chi connectivity index (χ2v) is 4.84. The van der Waals surface area contributed by atoms with Gasteiger partial charge in [-0.2, -0.15) is 0 Å². The van der Waals surface area contributed by atoms with E-state index in [4.69, 9.17) is 15.6 Å². The molecule has 23 heavy (non-hydrogen) atoms. The van der Waals surface area contributed by atoms with Crippen molar-refractivity contribution in [3.63, 3.8) is 0 Å². The van der Waals surface area contributed by atoms with E-state index in [2.05, 4.69) is 15.0 Å². The number of aliphatic hydroxyl groups is 3. The molecule has 0 aromatic carbocycles. The van der Waals surface area contributed by atoms with Gasteiger partial charge in [-0.3, -0.25) is 4.57 Å². The molecule has 1 fully saturated rings. The Hall–Kier alpha value is -1.34. The van der Waals surface area contributed by atoms with Gasteiger partial charge in [0.15, 0.2) is 23.8 Å². The van der Waals surface area contributed by atoms with E-state index in [0.29, 0.717) is 0 Å². The van der Waals surface area contributed by atoms with E-state index in [9.17, 15) is 20.1 Å². The van der Waals surface area contributed by atoms with Crippen molar-refractivity contribution in [2.45, 2.75) is 30.6 Å². The van der Waals surface area contributed by atoms with Crippen molar-refractivity contribution in [1.82, 2.24) is 19.5 Å². The Labute approximate surface area is 151 Å². The number of aliphatic hydroxyl groups excluding tert-OH is 3. The second-order valence-electron chi connectivity index (χ2n) is 4.84. The third-order valence-corrected chi connectivity index (χ3v) is 3.50. The molecule has 11 nitrogen and oxygen atoms in total. The molecule has 6 N–H and O–H groups in total. The van der Waals surface area contributed by atoms with Gasteiger partial charge in [-0.15, -0.1) is 0 Å². The number of carbonyl (C=O) groups is 1. The molecule has 3 rings (SSSR count). The molecule has 0 aliphatic carbocycles. The van der Waals surface area contributed by atoms with Crippen molar-refractivity contribution in [3.05, 3.63) is 12.7 Å². The zero-order chi connectivity index (χ0) is 16.0. The number of nitrogens with two attached hydrogens (primary N) is 1. The van der Waals surface area contributed by atoms with Gasteiger partial charge in [-0.1, -0.05) is 0 Å². The summed E-state index contributed by atoms with van der Waals surface area (Å²) in [4.78, 5) is 22.5. The van der Waals surface area contributed by atoms with E-state index in [-0.39, 0.29) is 46.5 Å². The van der Waals surface area contributed by atoms with Gasteiger partial charge in [0.25, 0.3) is 0 Å². The number of carboxylic acids is 1. The number of aromatic nitrogens is 4. The van der Waals surface area contributed by atoms with Gasteiger partial charge in [0.1, 0.15) is 30.2 Å². The smallest absolute Gasteiger partial charge is 0.335 e. The Kier molecular flexibility index (Phi) is 5.20. The van der Waals surface area contributed by atoms with Crippen molar-refractivity contribution in [1.29, 1.82) is 0 Å². The van der Waals surface area contributed by atoms with Crippen molar-refractivity contribution < 1.29 is 30.0 Å². The predicted octanol–water partition coefficient (Wildman–Crippen LogP) is -2.91. The molecule has 0 spiro atoms. The zero-order valence-corrected chi connectivity index (χ0v) is 14.0. The van der Waals surface area contributed by atoms with Crippen molar-refractivity contribution in [2.75, 3.05) is 5.73 Å². The molecule has 0 amide bonds. The van der Waals surface area contributed by atoms with Crippen molar-refractivity contribution >= 4 is 52.5 Å². The number of ether oxygens (including phenoxy) is 1. The summed E-state index contributed by atoms with van der Waals surface area (Å²) in [7, 11) is 0. The molecule has 12 heteroatoms. The SMILES string of the molecule is Nc1ncnc2c1ncn2[C@@H]1O[C@H](C(O)C(=O)O)[C@@H](O)[C@H]1O.[Na]. The first-order valence-electron chi connectivity index (χ1n) is 6.27. The third-order valence-electron chi connectivity index (χ3n) is 3.50. The third kappa shape index (κ3) is 2.92. The summed E-state index contributed by atoms with van der Waals surface area (Å²) < 4.78 is 6.58. The normalized spacial score (nSPS) is 28.5. The van der Waals surface area contributed by atoms with E-state index in [1.165, 1.54) is 17.2 Å². The average Bonchev–Trinajstić information content (AvgIpc) is 3.02. The van der Waals surface area contributed by atoms with Crippen LogP contribution in [0.3, 0.4) is 0 Å². The number of hydrogen-bond acceptors (Lipinski definition) is 9. The van der Waals surface area contributed by atoms with E-state index >= 15 is 0 Å². The summed E-state index contributed by atoms with van der Waals surface area (Å²) in [6.07, 6.45) is -5.25. The molecule has 3 heterocycles. The first-order chi connectivity index (χ1) is 10.4. The van der Waals surface area contributed by atoms with Crippen molar-refractivity contribution in [2.24, 2.45) is 0 Å². The molecular formula is C11H13N5NaO6. The minimum Gasteiger partial charge on any atom is -0.479 e. The maximum absolute atomic E-state index is 10.8. The number of anilines is 1. The van der Waals surface area contributed by atoms with E-state index in [0.717, 1.165) is 0 Å². The molecule has 1 saturated heterocycles. The fourth-order valence-corrected chi connectivity index (χ4v) is 2.37. The van der Waals surface area contributed by atoms with Gasteiger partial charge >= 0.3 is 5.97 Å². The number of nitrogens with zero attached hydrogens (tertiary/aromatic N) is 4. The van der Waals surface area contributed by atoms with Gasteiger partial charge in [0, 0.05) is 29.6 Å². The van der Waals surface area contributed by atoms with Crippen LogP contribution in [0.25, 0.3) is 11.2 Å². The van der Waals surface area contributed by atoms with Crippen LogP contribution in [-0.4, -0.2) is 99.9 Å². The van der Waals surface area contributed by atoms with Crippen LogP contribution < -0.4 is 5.73 Å². The summed E-state index contributed by atoms with van der Waals surface area (Å²) in [5.74, 6) is -1.45. The fraction of sp³-hybridized carbons (Fsp3) is 0.455. The first-order valence-corrected chi connectivity index (χ1v) is 6.27. The maximum Gasteiger partial charge on any atom is 0.335 e. The summed E-state index contributed by atoms with van der Waals surface area (Å²) in [5.41, 5.74) is 6.17. The van der Waals surface area contributed by atoms with Gasteiger partial charge in [0.2, 0.25) is 0 Å². The molecule has 119 valence electrons. The maximum atomic E-state index is 10.8. The van der Waals surface area contributed by atoms with Gasteiger partial charge in [-0.25, -0.2) is 19.7 Å². The standard InChI is InChI=1S/C11H13N5O6.Na/c12-8-3-9(14-1-13-8)16(2-15-3)10-5(18)4(17)7(22-10)6(19)11(20)21;/h1-2,4-7,10,17-19H,(H,20,21)(H2,12,13,14);/t4-,5+,6?,7-,10+;/m0./s1. The van der Waals surface area contributed by atoms with Crippen LogP contribution in [0.1, 0.15) is 6.23 Å². The number of rotatable bonds is 3. The van der Waals surface area contributed by atoms with Crippen LogP contribution in [0.15, 0.2) is 12.7 Å². The quantitative estimate of drug-likeness (QED) is 0.366. The molecule has 1 unspecified atom stereocenters. The number of imidazole rings is 1. The van der Waals surface area contributed by atoms with E-state index in [1.807, 2.05) is 0 Å². The van der Waals surface area contributed by atoms with Crippen LogP contribution in [0.4, 0.5) is 5.82 Å². The number of carboxylic acid groups (broad SMARTS) is 1. The second kappa shape index (κ2) is 6.65. The minimum absolute atomic E-state index is 0. The van der Waals surface area contributed by atoms with Crippen LogP contribution >= 0.6 is 0 Å². The monoisotopic (exact) mass is 334 g/mol. The summed E-state index contributed by atoms with van der Waals surface area (Å²) in [6.45, 7) is 0. The molecule has 0 bridgehead atoms. The average molecular weight is 334 g/mol. The molecule has 2 aromatic heterocycles. The Morgan fingerprint density at radius 2 is 2.00 bits per heavy atom. The number of aliphatic carboxylic acids is 1. The van der Waals surface area contributed by atoms with E-state index in [1.54, 1.807) is 0 Å². The molecular weight excluding hydrogens is 321 g/mol. The molecule has 5 atom stereocenters. The van der Waals surface area contributed by atoms with Gasteiger partial charge in [0.05, 0.1) is 6.33 Å². The molecule has 1 aliphatic rings. The molecule has 1 radical (unpaired) electrons. The first kappa shape index (κ1) is 18.0. The predicted molar refractivity (Wildman–Crippen MR) is 75.1 cm³/mol. The van der Waals surface area contributed by atoms with Gasteiger partial charge < -0.3 is 30.9 Å². The van der Waals surface area contributed by atoms with Crippen LogP contribution in [0, 0.1) is 0 Å². The number of nitrogen functional groups attached to an aromatic ring is 1. The molecule has 0 saturated carbocycles. The number of hydrogen-bond donors (Lipinski definition) is 5. The fourth-order valence-electron chi connectivity index (χ4n) is 2.37. The summed E-state index contributed by atoms with van der Waals surface area (Å²) in [5, 5.41) is 38.3. The summed E-state index contributed by atoms with van der Waals surface area (Å²) >= 11 is 0. The van der Waals surface area contributed by atoms with Crippen molar-refractivity contribution in [3.8, 4) is 0 Å². The zero-order valence-electron chi connectivity index (χ0n) is 12.0.